The first-order valence-electron chi connectivity index (χ1n) is 12.2. The maximum atomic E-state index is 12.8. The van der Waals surface area contributed by atoms with E-state index in [0.717, 1.165) is 60.6 Å². The van der Waals surface area contributed by atoms with Crippen LogP contribution in [0.15, 0.2) is 31.0 Å². The van der Waals surface area contributed by atoms with Crippen LogP contribution in [0.3, 0.4) is 0 Å². The lowest BCUT2D eigenvalue weighted by Crippen LogP contribution is -2.56. The van der Waals surface area contributed by atoms with Crippen LogP contribution in [0.4, 0.5) is 5.82 Å². The minimum Gasteiger partial charge on any atom is -0.384 e. The van der Waals surface area contributed by atoms with Crippen LogP contribution in [0.2, 0.25) is 0 Å². The summed E-state index contributed by atoms with van der Waals surface area (Å²) in [5.74, 6) is 1.89. The van der Waals surface area contributed by atoms with Crippen LogP contribution in [-0.2, 0) is 9.53 Å². The van der Waals surface area contributed by atoms with E-state index in [1.807, 2.05) is 23.1 Å². The molecule has 176 valence electrons. The zero-order valence-corrected chi connectivity index (χ0v) is 19.7. The van der Waals surface area contributed by atoms with Crippen molar-refractivity contribution in [2.45, 2.75) is 44.1 Å². The average Bonchev–Trinajstić information content (AvgIpc) is 3.79. The topological polar surface area (TPSA) is 82.4 Å². The first-order chi connectivity index (χ1) is 16.6. The van der Waals surface area contributed by atoms with Crippen molar-refractivity contribution in [3.8, 4) is 17.2 Å². The van der Waals surface area contributed by atoms with Crippen molar-refractivity contribution in [2.24, 2.45) is 5.92 Å². The fourth-order valence-electron chi connectivity index (χ4n) is 5.00. The average molecular weight is 458 g/mol. The van der Waals surface area contributed by atoms with E-state index in [4.69, 9.17) is 9.72 Å². The summed E-state index contributed by atoms with van der Waals surface area (Å²) < 4.78 is 5.13. The molecule has 1 unspecified atom stereocenters. The van der Waals surface area contributed by atoms with Gasteiger partial charge in [0.25, 0.3) is 0 Å². The quantitative estimate of drug-likeness (QED) is 0.596. The number of hydrogen-bond acceptors (Lipinski definition) is 6. The lowest BCUT2D eigenvalue weighted by molar-refractivity contribution is -0.135. The number of rotatable bonds is 8. The Morgan fingerprint density at radius 1 is 1.29 bits per heavy atom. The van der Waals surface area contributed by atoms with Gasteiger partial charge in [0.1, 0.15) is 11.9 Å². The fourth-order valence-corrected chi connectivity index (χ4v) is 5.00. The molecule has 1 aliphatic heterocycles. The van der Waals surface area contributed by atoms with E-state index in [1.54, 1.807) is 19.4 Å². The number of ether oxygens (including phenoxy) is 1. The molecule has 3 heterocycles. The predicted molar refractivity (Wildman–Crippen MR) is 131 cm³/mol. The first kappa shape index (κ1) is 22.5. The highest BCUT2D eigenvalue weighted by Gasteiger charge is 2.41. The van der Waals surface area contributed by atoms with Gasteiger partial charge in [-0.2, -0.15) is 5.26 Å². The predicted octanol–water partition coefficient (Wildman–Crippen LogP) is 4.00. The van der Waals surface area contributed by atoms with Crippen LogP contribution >= 0.6 is 0 Å². The van der Waals surface area contributed by atoms with Gasteiger partial charge in [0.15, 0.2) is 0 Å². The Morgan fingerprint density at radius 3 is 2.79 bits per heavy atom. The molecule has 7 nitrogen and oxygen atoms in total. The summed E-state index contributed by atoms with van der Waals surface area (Å²) in [6.07, 6.45) is 8.49. The van der Waals surface area contributed by atoms with Crippen molar-refractivity contribution < 1.29 is 9.53 Å². The summed E-state index contributed by atoms with van der Waals surface area (Å²) in [6, 6.07) is 8.56. The van der Waals surface area contributed by atoms with Crippen molar-refractivity contribution in [2.75, 3.05) is 38.3 Å². The van der Waals surface area contributed by atoms with Gasteiger partial charge in [-0.05, 0) is 61.4 Å². The van der Waals surface area contributed by atoms with Crippen LogP contribution in [0.25, 0.3) is 17.2 Å². The van der Waals surface area contributed by atoms with E-state index in [9.17, 15) is 10.1 Å². The zero-order chi connectivity index (χ0) is 23.7. The normalized spacial score (nSPS) is 20.2. The highest BCUT2D eigenvalue weighted by Crippen LogP contribution is 2.45. The van der Waals surface area contributed by atoms with Crippen molar-refractivity contribution in [3.05, 3.63) is 47.9 Å². The van der Waals surface area contributed by atoms with Gasteiger partial charge in [-0.1, -0.05) is 6.58 Å². The van der Waals surface area contributed by atoms with Crippen molar-refractivity contribution in [1.29, 1.82) is 5.26 Å². The highest BCUT2D eigenvalue weighted by molar-refractivity contribution is 5.77. The molecule has 7 heteroatoms. The third-order valence-corrected chi connectivity index (χ3v) is 7.14. The van der Waals surface area contributed by atoms with Crippen LogP contribution in [0.1, 0.15) is 55.0 Å². The number of amides is 1. The second kappa shape index (κ2) is 9.55. The largest absolute Gasteiger partial charge is 0.384 e. The molecule has 3 aliphatic rings. The third kappa shape index (κ3) is 4.55. The van der Waals surface area contributed by atoms with Gasteiger partial charge in [-0.15, -0.1) is 0 Å². The molecule has 0 aromatic carbocycles. The van der Waals surface area contributed by atoms with Gasteiger partial charge in [-0.3, -0.25) is 9.78 Å². The Labute approximate surface area is 201 Å². The summed E-state index contributed by atoms with van der Waals surface area (Å²) in [4.78, 5) is 26.6. The Kier molecular flexibility index (Phi) is 6.34. The molecule has 1 saturated heterocycles. The van der Waals surface area contributed by atoms with E-state index in [1.165, 1.54) is 0 Å². The van der Waals surface area contributed by atoms with Gasteiger partial charge in [-0.25, -0.2) is 4.98 Å². The second-order valence-electron chi connectivity index (χ2n) is 9.53. The summed E-state index contributed by atoms with van der Waals surface area (Å²) in [6.45, 7) is 6.35. The zero-order valence-electron chi connectivity index (χ0n) is 19.7. The molecule has 0 bridgehead atoms. The second-order valence-corrected chi connectivity index (χ2v) is 9.53. The van der Waals surface area contributed by atoms with Gasteiger partial charge >= 0.3 is 0 Å². The van der Waals surface area contributed by atoms with Crippen LogP contribution in [-0.4, -0.2) is 60.2 Å². The minimum absolute atomic E-state index is 0.164. The molecule has 2 aromatic rings. The van der Waals surface area contributed by atoms with Crippen LogP contribution in [0, 0.1) is 17.2 Å². The minimum atomic E-state index is 0.164. The van der Waals surface area contributed by atoms with Crippen molar-refractivity contribution >= 4 is 17.8 Å². The molecule has 34 heavy (non-hydrogen) atoms. The Bertz CT molecular complexity index is 1130. The molecule has 1 amide bonds. The molecule has 3 fully saturated rings. The van der Waals surface area contributed by atoms with Gasteiger partial charge in [0.05, 0.1) is 36.0 Å². The number of carbonyl (C=O) groups is 1. The monoisotopic (exact) mass is 457 g/mol. The smallest absolute Gasteiger partial charge is 0.225 e. The number of anilines is 1. The van der Waals surface area contributed by atoms with E-state index >= 15 is 0 Å². The molecular weight excluding hydrogens is 426 g/mol. The maximum absolute atomic E-state index is 12.8. The molecule has 2 aliphatic carbocycles. The van der Waals surface area contributed by atoms with Crippen molar-refractivity contribution in [3.63, 3.8) is 0 Å². The van der Waals surface area contributed by atoms with E-state index in [0.29, 0.717) is 43.5 Å². The number of carbonyl (C=O) groups excluding carboxylic acids is 1. The lowest BCUT2D eigenvalue weighted by atomic mass is 9.98. The molecule has 0 spiro atoms. The summed E-state index contributed by atoms with van der Waals surface area (Å²) in [7, 11) is 1.63. The molecule has 5 rings (SSSR count). The summed E-state index contributed by atoms with van der Waals surface area (Å²) in [5.41, 5.74) is 4.50. The Morgan fingerprint density at radius 2 is 2.12 bits per heavy atom. The Hall–Kier alpha value is -3.24. The molecule has 2 aromatic heterocycles. The van der Waals surface area contributed by atoms with E-state index in [-0.39, 0.29) is 11.9 Å². The number of piperazine rings is 1. The number of methoxy groups -OCH3 is 1. The maximum Gasteiger partial charge on any atom is 0.225 e. The fraction of sp³-hybridized carbons (Fsp3) is 0.481. The van der Waals surface area contributed by atoms with Gasteiger partial charge in [0, 0.05) is 44.4 Å². The molecule has 0 radical (unpaired) electrons. The van der Waals surface area contributed by atoms with Gasteiger partial charge < -0.3 is 14.5 Å². The summed E-state index contributed by atoms with van der Waals surface area (Å²) in [5, 5.41) is 10.1. The number of hydrogen-bond donors (Lipinski definition) is 0. The van der Waals surface area contributed by atoms with Gasteiger partial charge in [0.2, 0.25) is 5.91 Å². The summed E-state index contributed by atoms with van der Waals surface area (Å²) >= 11 is 0. The lowest BCUT2D eigenvalue weighted by Gasteiger charge is -2.42. The molecular formula is C27H31N5O2. The van der Waals surface area contributed by atoms with Crippen molar-refractivity contribution in [1.82, 2.24) is 14.9 Å². The SMILES string of the molecule is C=Cc1cc(-c2cc(C#N)c(N3CCN(C(=O)CCOC)C(C4CC4)C3)nc2C2CC2)ccn1. The third-order valence-electron chi connectivity index (χ3n) is 7.14. The van der Waals surface area contributed by atoms with E-state index in [2.05, 4.69) is 22.5 Å². The first-order valence-corrected chi connectivity index (χ1v) is 12.2. The molecule has 1 atom stereocenters. The number of pyridine rings is 2. The standard InChI is InChI=1S/C27H31N5O2/c1-3-22-14-20(8-10-29-22)23-15-21(16-28)27(30-26(23)19-6-7-19)31-11-12-32(25(33)9-13-34-2)24(17-31)18-4-5-18/h3,8,10,14-15,18-19,24H,1,4-7,9,11-13,17H2,2H3. The number of nitrogens with zero attached hydrogens (tertiary/aromatic N) is 5. The number of aromatic nitrogens is 2. The van der Waals surface area contributed by atoms with Crippen LogP contribution in [0.5, 0.6) is 0 Å². The molecule has 2 saturated carbocycles. The Balaban J connectivity index is 1.47. The van der Waals surface area contributed by atoms with E-state index < -0.39 is 0 Å². The van der Waals surface area contributed by atoms with Crippen LogP contribution < -0.4 is 4.90 Å². The highest BCUT2D eigenvalue weighted by atomic mass is 16.5. The number of nitriles is 1. The molecule has 0 N–H and O–H groups in total.